The van der Waals surface area contributed by atoms with Crippen LogP contribution in [0, 0.1) is 0 Å². The van der Waals surface area contributed by atoms with Crippen molar-refractivity contribution in [1.29, 1.82) is 0 Å². The summed E-state index contributed by atoms with van der Waals surface area (Å²) >= 11 is 0. The van der Waals surface area contributed by atoms with E-state index in [-0.39, 0.29) is 11.9 Å². The SMILES string of the molecule is CC(C)n1cnnc1-c1cccc(NC(=O)c2cccc(OCc3ccccc3)c2)n1. The highest BCUT2D eigenvalue weighted by molar-refractivity contribution is 6.04. The zero-order chi connectivity index (χ0) is 21.6. The molecule has 156 valence electrons. The zero-order valence-electron chi connectivity index (χ0n) is 17.4. The van der Waals surface area contributed by atoms with Crippen molar-refractivity contribution in [3.05, 3.63) is 90.3 Å². The minimum absolute atomic E-state index is 0.198. The van der Waals surface area contributed by atoms with Crippen LogP contribution in [0.4, 0.5) is 5.82 Å². The van der Waals surface area contributed by atoms with Gasteiger partial charge in [-0.15, -0.1) is 10.2 Å². The van der Waals surface area contributed by atoms with Crippen molar-refractivity contribution >= 4 is 11.7 Å². The highest BCUT2D eigenvalue weighted by Crippen LogP contribution is 2.21. The summed E-state index contributed by atoms with van der Waals surface area (Å²) in [5, 5.41) is 11.0. The van der Waals surface area contributed by atoms with Crippen LogP contribution in [-0.2, 0) is 6.61 Å². The number of nitrogens with zero attached hydrogens (tertiary/aromatic N) is 4. The first-order valence-electron chi connectivity index (χ1n) is 10.1. The van der Waals surface area contributed by atoms with Gasteiger partial charge in [0.25, 0.3) is 5.91 Å². The number of carbonyl (C=O) groups is 1. The van der Waals surface area contributed by atoms with Gasteiger partial charge in [0, 0.05) is 11.6 Å². The predicted molar refractivity (Wildman–Crippen MR) is 119 cm³/mol. The molecular weight excluding hydrogens is 390 g/mol. The van der Waals surface area contributed by atoms with Crippen LogP contribution in [0.3, 0.4) is 0 Å². The molecule has 0 saturated heterocycles. The van der Waals surface area contributed by atoms with Gasteiger partial charge in [0.2, 0.25) is 0 Å². The Morgan fingerprint density at radius 1 is 1.03 bits per heavy atom. The van der Waals surface area contributed by atoms with Gasteiger partial charge in [0.05, 0.1) is 0 Å². The largest absolute Gasteiger partial charge is 0.489 e. The van der Waals surface area contributed by atoms with Crippen molar-refractivity contribution in [3.63, 3.8) is 0 Å². The van der Waals surface area contributed by atoms with Crippen molar-refractivity contribution in [2.24, 2.45) is 0 Å². The molecule has 0 spiro atoms. The normalized spacial score (nSPS) is 10.8. The third-order valence-corrected chi connectivity index (χ3v) is 4.69. The number of benzene rings is 2. The quantitative estimate of drug-likeness (QED) is 0.473. The van der Waals surface area contributed by atoms with Gasteiger partial charge >= 0.3 is 0 Å². The van der Waals surface area contributed by atoms with E-state index in [9.17, 15) is 4.79 Å². The number of hydrogen-bond acceptors (Lipinski definition) is 5. The van der Waals surface area contributed by atoms with Crippen LogP contribution in [-0.4, -0.2) is 25.7 Å². The lowest BCUT2D eigenvalue weighted by Gasteiger charge is -2.11. The first kappa shape index (κ1) is 20.3. The smallest absolute Gasteiger partial charge is 0.256 e. The molecule has 2 aromatic carbocycles. The summed E-state index contributed by atoms with van der Waals surface area (Å²) in [6, 6.07) is 22.6. The van der Waals surface area contributed by atoms with E-state index in [1.165, 1.54) is 0 Å². The first-order valence-corrected chi connectivity index (χ1v) is 10.1. The summed E-state index contributed by atoms with van der Waals surface area (Å²) in [6.45, 7) is 4.53. The van der Waals surface area contributed by atoms with E-state index in [1.54, 1.807) is 30.6 Å². The van der Waals surface area contributed by atoms with Gasteiger partial charge in [0.1, 0.15) is 30.2 Å². The number of hydrogen-bond donors (Lipinski definition) is 1. The molecule has 7 nitrogen and oxygen atoms in total. The molecule has 2 aromatic heterocycles. The number of amides is 1. The molecule has 0 bridgehead atoms. The van der Waals surface area contributed by atoms with Crippen LogP contribution in [0.25, 0.3) is 11.5 Å². The van der Waals surface area contributed by atoms with Gasteiger partial charge < -0.3 is 14.6 Å². The van der Waals surface area contributed by atoms with Gasteiger partial charge in [-0.25, -0.2) is 4.98 Å². The third-order valence-electron chi connectivity index (χ3n) is 4.69. The number of aromatic nitrogens is 4. The summed E-state index contributed by atoms with van der Waals surface area (Å²) in [6.07, 6.45) is 1.67. The average Bonchev–Trinajstić information content (AvgIpc) is 3.29. The Bertz CT molecular complexity index is 1170. The van der Waals surface area contributed by atoms with Gasteiger partial charge in [-0.1, -0.05) is 42.5 Å². The standard InChI is InChI=1S/C24H23N5O2/c1-17(2)29-16-25-28-23(29)21-12-7-13-22(26-21)27-24(30)19-10-6-11-20(14-19)31-15-18-8-4-3-5-9-18/h3-14,16-17H,15H2,1-2H3,(H,26,27,30). The maximum absolute atomic E-state index is 12.8. The Morgan fingerprint density at radius 2 is 1.84 bits per heavy atom. The monoisotopic (exact) mass is 413 g/mol. The Morgan fingerprint density at radius 3 is 2.65 bits per heavy atom. The molecular formula is C24H23N5O2. The van der Waals surface area contributed by atoms with Gasteiger partial charge in [0.15, 0.2) is 5.82 Å². The highest BCUT2D eigenvalue weighted by Gasteiger charge is 2.13. The van der Waals surface area contributed by atoms with Crippen LogP contribution in [0.1, 0.15) is 35.8 Å². The van der Waals surface area contributed by atoms with Crippen molar-refractivity contribution in [3.8, 4) is 17.3 Å². The van der Waals surface area contributed by atoms with Crippen molar-refractivity contribution < 1.29 is 9.53 Å². The molecule has 0 atom stereocenters. The maximum Gasteiger partial charge on any atom is 0.256 e. The average molecular weight is 413 g/mol. The fourth-order valence-corrected chi connectivity index (χ4v) is 3.09. The topological polar surface area (TPSA) is 81.9 Å². The number of nitrogens with one attached hydrogen (secondary N) is 1. The maximum atomic E-state index is 12.8. The van der Waals surface area contributed by atoms with Gasteiger partial charge in [-0.3, -0.25) is 4.79 Å². The molecule has 31 heavy (non-hydrogen) atoms. The molecule has 0 fully saturated rings. The second kappa shape index (κ2) is 9.21. The minimum Gasteiger partial charge on any atom is -0.489 e. The zero-order valence-corrected chi connectivity index (χ0v) is 17.4. The summed E-state index contributed by atoms with van der Waals surface area (Å²) < 4.78 is 7.76. The number of rotatable bonds is 7. The molecule has 1 amide bonds. The summed E-state index contributed by atoms with van der Waals surface area (Å²) in [5.74, 6) is 1.46. The molecule has 4 aromatic rings. The van der Waals surface area contributed by atoms with E-state index in [4.69, 9.17) is 4.74 Å². The van der Waals surface area contributed by atoms with Crippen LogP contribution < -0.4 is 10.1 Å². The molecule has 4 rings (SSSR count). The van der Waals surface area contributed by atoms with E-state index >= 15 is 0 Å². The van der Waals surface area contributed by atoms with Crippen LogP contribution >= 0.6 is 0 Å². The third kappa shape index (κ3) is 4.95. The summed E-state index contributed by atoms with van der Waals surface area (Å²) in [5.41, 5.74) is 2.19. The molecule has 0 radical (unpaired) electrons. The lowest BCUT2D eigenvalue weighted by atomic mass is 10.2. The van der Waals surface area contributed by atoms with E-state index in [2.05, 4.69) is 20.5 Å². The molecule has 0 saturated carbocycles. The lowest BCUT2D eigenvalue weighted by Crippen LogP contribution is -2.13. The molecule has 0 aliphatic heterocycles. The molecule has 7 heteroatoms. The Labute approximate surface area is 180 Å². The van der Waals surface area contributed by atoms with E-state index in [0.717, 1.165) is 5.56 Å². The first-order chi connectivity index (χ1) is 15.1. The lowest BCUT2D eigenvalue weighted by molar-refractivity contribution is 0.102. The minimum atomic E-state index is -0.264. The van der Waals surface area contributed by atoms with Crippen molar-refractivity contribution in [2.45, 2.75) is 26.5 Å². The molecule has 1 N–H and O–H groups in total. The molecule has 0 unspecified atom stereocenters. The van der Waals surface area contributed by atoms with Gasteiger partial charge in [-0.2, -0.15) is 0 Å². The second-order valence-corrected chi connectivity index (χ2v) is 7.32. The number of anilines is 1. The molecule has 0 aliphatic carbocycles. The number of ether oxygens (including phenoxy) is 1. The van der Waals surface area contributed by atoms with Crippen LogP contribution in [0.2, 0.25) is 0 Å². The van der Waals surface area contributed by atoms with E-state index < -0.39 is 0 Å². The van der Waals surface area contributed by atoms with Crippen molar-refractivity contribution in [1.82, 2.24) is 19.7 Å². The van der Waals surface area contributed by atoms with Crippen LogP contribution in [0.5, 0.6) is 5.75 Å². The van der Waals surface area contributed by atoms with E-state index in [0.29, 0.717) is 35.3 Å². The molecule has 0 aliphatic rings. The number of carbonyl (C=O) groups excluding carboxylic acids is 1. The highest BCUT2D eigenvalue weighted by atomic mass is 16.5. The van der Waals surface area contributed by atoms with Crippen LogP contribution in [0.15, 0.2) is 79.1 Å². The number of pyridine rings is 1. The Balaban J connectivity index is 1.47. The summed E-state index contributed by atoms with van der Waals surface area (Å²) in [7, 11) is 0. The Kier molecular flexibility index (Phi) is 6.03. The predicted octanol–water partition coefficient (Wildman–Crippen LogP) is 4.75. The van der Waals surface area contributed by atoms with Crippen molar-refractivity contribution in [2.75, 3.05) is 5.32 Å². The molecule has 2 heterocycles. The van der Waals surface area contributed by atoms with Gasteiger partial charge in [-0.05, 0) is 49.7 Å². The fourth-order valence-electron chi connectivity index (χ4n) is 3.09. The fraction of sp³-hybridized carbons (Fsp3) is 0.167. The Hall–Kier alpha value is -4.00. The van der Waals surface area contributed by atoms with E-state index in [1.807, 2.05) is 66.9 Å². The second-order valence-electron chi connectivity index (χ2n) is 7.32. The summed E-state index contributed by atoms with van der Waals surface area (Å²) in [4.78, 5) is 17.3.